The molecule has 5 atom stereocenters. The number of rotatable bonds is 8. The van der Waals surface area contributed by atoms with E-state index in [9.17, 15) is 33.9 Å². The molecule has 0 aromatic carbocycles. The monoisotopic (exact) mass is 448 g/mol. The number of carboxylic acid groups (broad SMARTS) is 1. The third-order valence-corrected chi connectivity index (χ3v) is 3.88. The highest BCUT2D eigenvalue weighted by Gasteiger charge is 2.59. The van der Waals surface area contributed by atoms with Crippen molar-refractivity contribution in [2.24, 2.45) is 0 Å². The van der Waals surface area contributed by atoms with Gasteiger partial charge in [-0.2, -0.15) is 0 Å². The SMILES string of the molecule is CC(=O)OC[C@@H](OC(C)=O)[C@H]1O[C@](OC(C)=O)(C(=O)O)C[C@@H](OC(C)=O)[C@H]1OC(C)=O. The first-order valence-corrected chi connectivity index (χ1v) is 9.03. The lowest BCUT2D eigenvalue weighted by Gasteiger charge is -2.45. The number of carbonyl (C=O) groups excluding carboxylic acids is 5. The van der Waals surface area contributed by atoms with Gasteiger partial charge in [-0.05, 0) is 0 Å². The highest BCUT2D eigenvalue weighted by Crippen LogP contribution is 2.36. The summed E-state index contributed by atoms with van der Waals surface area (Å²) in [5, 5.41) is 9.71. The van der Waals surface area contributed by atoms with E-state index in [1.54, 1.807) is 0 Å². The van der Waals surface area contributed by atoms with Gasteiger partial charge in [0.05, 0.1) is 6.42 Å². The van der Waals surface area contributed by atoms with Gasteiger partial charge in [-0.1, -0.05) is 0 Å². The van der Waals surface area contributed by atoms with E-state index < -0.39 is 79.0 Å². The van der Waals surface area contributed by atoms with Gasteiger partial charge in [0.25, 0.3) is 0 Å². The van der Waals surface area contributed by atoms with Gasteiger partial charge in [-0.3, -0.25) is 24.0 Å². The average molecular weight is 448 g/mol. The zero-order valence-electron chi connectivity index (χ0n) is 17.6. The van der Waals surface area contributed by atoms with Crippen molar-refractivity contribution >= 4 is 35.8 Å². The largest absolute Gasteiger partial charge is 0.476 e. The van der Waals surface area contributed by atoms with Crippen molar-refractivity contribution in [3.05, 3.63) is 0 Å². The van der Waals surface area contributed by atoms with E-state index in [0.717, 1.165) is 34.6 Å². The molecule has 1 N–H and O–H groups in total. The molecule has 1 aliphatic heterocycles. The Balaban J connectivity index is 3.55. The molecule has 13 nitrogen and oxygen atoms in total. The smallest absolute Gasteiger partial charge is 0.377 e. The topological polar surface area (TPSA) is 178 Å². The zero-order valence-corrected chi connectivity index (χ0v) is 17.6. The summed E-state index contributed by atoms with van der Waals surface area (Å²) in [6, 6.07) is 0. The molecule has 0 bridgehead atoms. The van der Waals surface area contributed by atoms with Crippen LogP contribution in [-0.2, 0) is 57.2 Å². The summed E-state index contributed by atoms with van der Waals surface area (Å²) in [5.74, 6) is -8.85. The number of carbonyl (C=O) groups is 6. The second kappa shape index (κ2) is 10.7. The minimum atomic E-state index is -2.68. The summed E-state index contributed by atoms with van der Waals surface area (Å²) in [7, 11) is 0. The van der Waals surface area contributed by atoms with Crippen LogP contribution in [0.1, 0.15) is 41.0 Å². The highest BCUT2D eigenvalue weighted by atomic mass is 16.8. The molecule has 0 unspecified atom stereocenters. The van der Waals surface area contributed by atoms with E-state index >= 15 is 0 Å². The van der Waals surface area contributed by atoms with Crippen molar-refractivity contribution in [2.45, 2.75) is 71.2 Å². The minimum absolute atomic E-state index is 0.625. The van der Waals surface area contributed by atoms with Crippen LogP contribution in [0.25, 0.3) is 0 Å². The molecule has 0 saturated carbocycles. The lowest BCUT2D eigenvalue weighted by atomic mass is 9.91. The molecule has 0 spiro atoms. The number of ether oxygens (including phenoxy) is 6. The molecular weight excluding hydrogens is 424 g/mol. The number of hydrogen-bond donors (Lipinski definition) is 1. The Bertz CT molecular complexity index is 745. The Labute approximate surface area is 176 Å². The molecule has 31 heavy (non-hydrogen) atoms. The molecule has 1 heterocycles. The van der Waals surface area contributed by atoms with E-state index in [0.29, 0.717) is 0 Å². The predicted octanol–water partition coefficient (Wildman–Crippen LogP) is -0.522. The van der Waals surface area contributed by atoms with Gasteiger partial charge in [0, 0.05) is 34.6 Å². The molecule has 1 fully saturated rings. The molecule has 174 valence electrons. The summed E-state index contributed by atoms with van der Waals surface area (Å²) in [6.07, 6.45) is -6.90. The number of esters is 5. The summed E-state index contributed by atoms with van der Waals surface area (Å²) in [4.78, 5) is 69.6. The third-order valence-electron chi connectivity index (χ3n) is 3.88. The molecule has 1 saturated heterocycles. The molecule has 13 heteroatoms. The van der Waals surface area contributed by atoms with Crippen molar-refractivity contribution < 1.29 is 62.3 Å². The Kier molecular flexibility index (Phi) is 8.91. The number of carboxylic acids is 1. The fourth-order valence-electron chi connectivity index (χ4n) is 2.96. The van der Waals surface area contributed by atoms with Crippen LogP contribution < -0.4 is 0 Å². The van der Waals surface area contributed by atoms with Crippen molar-refractivity contribution in [1.82, 2.24) is 0 Å². The van der Waals surface area contributed by atoms with Gasteiger partial charge >= 0.3 is 41.6 Å². The quantitative estimate of drug-likeness (QED) is 0.370. The molecule has 0 aromatic heterocycles. The third kappa shape index (κ3) is 7.51. The summed E-state index contributed by atoms with van der Waals surface area (Å²) < 4.78 is 30.5. The first kappa shape index (κ1) is 25.8. The van der Waals surface area contributed by atoms with Crippen LogP contribution >= 0.6 is 0 Å². The van der Waals surface area contributed by atoms with E-state index in [-0.39, 0.29) is 0 Å². The maximum Gasteiger partial charge on any atom is 0.377 e. The van der Waals surface area contributed by atoms with E-state index in [1.165, 1.54) is 0 Å². The number of aliphatic carboxylic acids is 1. The fourth-order valence-corrected chi connectivity index (χ4v) is 2.96. The second-order valence-electron chi connectivity index (χ2n) is 6.61. The van der Waals surface area contributed by atoms with Crippen LogP contribution in [0.4, 0.5) is 0 Å². The normalized spacial score (nSPS) is 26.0. The second-order valence-corrected chi connectivity index (χ2v) is 6.61. The Morgan fingerprint density at radius 1 is 0.903 bits per heavy atom. The Morgan fingerprint density at radius 2 is 1.48 bits per heavy atom. The van der Waals surface area contributed by atoms with Crippen LogP contribution in [0, 0.1) is 0 Å². The first-order chi connectivity index (χ1) is 14.3. The fraction of sp³-hybridized carbons (Fsp3) is 0.667. The zero-order chi connectivity index (χ0) is 23.9. The van der Waals surface area contributed by atoms with Gasteiger partial charge in [-0.25, -0.2) is 4.79 Å². The van der Waals surface area contributed by atoms with E-state index in [1.807, 2.05) is 0 Å². The average Bonchev–Trinajstić information content (AvgIpc) is 2.58. The van der Waals surface area contributed by atoms with Gasteiger partial charge in [-0.15, -0.1) is 0 Å². The van der Waals surface area contributed by atoms with Gasteiger partial charge < -0.3 is 33.5 Å². The van der Waals surface area contributed by atoms with E-state index in [4.69, 9.17) is 28.4 Å². The van der Waals surface area contributed by atoms with E-state index in [2.05, 4.69) is 0 Å². The van der Waals surface area contributed by atoms with Crippen LogP contribution in [0.2, 0.25) is 0 Å². The van der Waals surface area contributed by atoms with Gasteiger partial charge in [0.1, 0.15) is 18.8 Å². The lowest BCUT2D eigenvalue weighted by molar-refractivity contribution is -0.316. The van der Waals surface area contributed by atoms with Crippen molar-refractivity contribution in [3.63, 3.8) is 0 Å². The molecule has 0 amide bonds. The molecule has 0 radical (unpaired) electrons. The lowest BCUT2D eigenvalue weighted by Crippen LogP contribution is -2.65. The standard InChI is InChI=1S/C18H24O13/c1-8(19)26-7-14(28-10(3)21)16-15(29-11(4)22)13(27-9(2)20)6-18(31-16,17(24)25)30-12(5)23/h13-16H,6-7H2,1-5H3,(H,24,25)/t13-,14-,15-,16-,18+/m1/s1. The van der Waals surface area contributed by atoms with Crippen molar-refractivity contribution in [3.8, 4) is 0 Å². The van der Waals surface area contributed by atoms with Crippen LogP contribution in [0.3, 0.4) is 0 Å². The molecule has 0 aromatic rings. The highest BCUT2D eigenvalue weighted by molar-refractivity contribution is 5.80. The maximum atomic E-state index is 12.0. The molecular formula is C18H24O13. The molecule has 1 aliphatic rings. The van der Waals surface area contributed by atoms with Crippen molar-refractivity contribution in [2.75, 3.05) is 6.61 Å². The van der Waals surface area contributed by atoms with Crippen LogP contribution in [0.15, 0.2) is 0 Å². The Hall–Kier alpha value is -3.22. The first-order valence-electron chi connectivity index (χ1n) is 9.03. The van der Waals surface area contributed by atoms with Crippen molar-refractivity contribution in [1.29, 1.82) is 0 Å². The minimum Gasteiger partial charge on any atom is -0.476 e. The summed E-state index contributed by atoms with van der Waals surface area (Å²) in [5.41, 5.74) is 0. The molecule has 0 aliphatic carbocycles. The van der Waals surface area contributed by atoms with Crippen LogP contribution in [-0.4, -0.2) is 77.7 Å². The molecule has 1 rings (SSSR count). The van der Waals surface area contributed by atoms with Crippen LogP contribution in [0.5, 0.6) is 0 Å². The summed E-state index contributed by atoms with van der Waals surface area (Å²) >= 11 is 0. The maximum absolute atomic E-state index is 12.0. The Morgan fingerprint density at radius 3 is 1.90 bits per heavy atom. The number of hydrogen-bond acceptors (Lipinski definition) is 12. The van der Waals surface area contributed by atoms with Gasteiger partial charge in [0.2, 0.25) is 0 Å². The van der Waals surface area contributed by atoms with Gasteiger partial charge in [0.15, 0.2) is 12.2 Å². The summed E-state index contributed by atoms with van der Waals surface area (Å²) in [6.45, 7) is 4.43. The predicted molar refractivity (Wildman–Crippen MR) is 94.9 cm³/mol.